The van der Waals surface area contributed by atoms with Gasteiger partial charge in [-0.25, -0.2) is 4.79 Å². The van der Waals surface area contributed by atoms with Crippen molar-refractivity contribution in [2.75, 3.05) is 7.05 Å². The van der Waals surface area contributed by atoms with Gasteiger partial charge in [0.15, 0.2) is 0 Å². The Morgan fingerprint density at radius 3 is 2.00 bits per heavy atom. The Morgan fingerprint density at radius 1 is 1.04 bits per heavy atom. The van der Waals surface area contributed by atoms with Crippen LogP contribution in [0.3, 0.4) is 0 Å². The van der Waals surface area contributed by atoms with Crippen molar-refractivity contribution in [2.45, 2.75) is 77.7 Å². The van der Waals surface area contributed by atoms with Gasteiger partial charge in [0.05, 0.1) is 0 Å². The van der Waals surface area contributed by atoms with Gasteiger partial charge in [-0.3, -0.25) is 4.79 Å². The largest absolute Gasteiger partial charge is 0.544 e. The topological polar surface area (TPSA) is 76.7 Å². The maximum Gasteiger partial charge on any atom is 0.408 e. The monoisotopic (exact) mass is 408 g/mol. The lowest BCUT2D eigenvalue weighted by Crippen LogP contribution is -2.48. The van der Waals surface area contributed by atoms with Gasteiger partial charge >= 0.3 is 6.09 Å². The number of likely N-dealkylation sites (N-methyl/N-ethyl adjacent to an activating group) is 1. The Bertz CT molecular complexity index is 673. The minimum atomic E-state index is -1.90. The summed E-state index contributed by atoms with van der Waals surface area (Å²) in [4.78, 5) is 24.2. The number of ether oxygens (including phenoxy) is 1. The third-order valence-corrected chi connectivity index (χ3v) is 9.15. The molecule has 1 aromatic carbocycles. The fourth-order valence-electron chi connectivity index (χ4n) is 2.21. The minimum absolute atomic E-state index is 0.118. The first-order valence-corrected chi connectivity index (χ1v) is 12.5. The van der Waals surface area contributed by atoms with Crippen molar-refractivity contribution in [3.63, 3.8) is 0 Å². The molecule has 0 aliphatic rings. The van der Waals surface area contributed by atoms with Gasteiger partial charge in [-0.05, 0) is 56.6 Å². The van der Waals surface area contributed by atoms with Crippen LogP contribution in [0.15, 0.2) is 24.3 Å². The zero-order valence-corrected chi connectivity index (χ0v) is 19.7. The number of benzene rings is 1. The van der Waals surface area contributed by atoms with E-state index in [1.54, 1.807) is 27.8 Å². The van der Waals surface area contributed by atoms with Crippen LogP contribution in [0.2, 0.25) is 18.1 Å². The number of amides is 2. The second kappa shape index (κ2) is 8.98. The molecule has 0 heterocycles. The molecule has 1 rings (SSSR count). The summed E-state index contributed by atoms with van der Waals surface area (Å²) in [5, 5.41) is 5.35. The third-order valence-electron chi connectivity index (χ3n) is 4.80. The Balaban J connectivity index is 2.85. The maximum atomic E-state index is 12.2. The van der Waals surface area contributed by atoms with E-state index < -0.39 is 26.1 Å². The highest BCUT2D eigenvalue weighted by Gasteiger charge is 2.38. The van der Waals surface area contributed by atoms with E-state index in [2.05, 4.69) is 44.5 Å². The highest BCUT2D eigenvalue weighted by Crippen LogP contribution is 2.37. The summed E-state index contributed by atoms with van der Waals surface area (Å²) in [5.41, 5.74) is 0.298. The van der Waals surface area contributed by atoms with Crippen molar-refractivity contribution in [1.82, 2.24) is 10.6 Å². The molecule has 158 valence electrons. The Labute approximate surface area is 170 Å². The molecule has 28 heavy (non-hydrogen) atoms. The number of nitrogens with one attached hydrogen (secondary N) is 2. The molecule has 0 bridgehead atoms. The number of alkyl carbamates (subject to hydrolysis) is 1. The summed E-state index contributed by atoms with van der Waals surface area (Å²) in [6.07, 6.45) is -0.252. The van der Waals surface area contributed by atoms with E-state index >= 15 is 0 Å². The smallest absolute Gasteiger partial charge is 0.408 e. The quantitative estimate of drug-likeness (QED) is 0.690. The molecule has 0 radical (unpaired) electrons. The van der Waals surface area contributed by atoms with Crippen LogP contribution >= 0.6 is 0 Å². The van der Waals surface area contributed by atoms with Crippen LogP contribution < -0.4 is 15.1 Å². The molecule has 1 aromatic rings. The van der Waals surface area contributed by atoms with Crippen LogP contribution in [0.1, 0.15) is 47.1 Å². The third kappa shape index (κ3) is 7.54. The number of rotatable bonds is 6. The van der Waals surface area contributed by atoms with Crippen molar-refractivity contribution >= 4 is 20.3 Å². The van der Waals surface area contributed by atoms with Crippen molar-refractivity contribution in [2.24, 2.45) is 0 Å². The first-order chi connectivity index (χ1) is 12.6. The molecule has 1 atom stereocenters. The van der Waals surface area contributed by atoms with Crippen LogP contribution in [0.4, 0.5) is 4.79 Å². The SMILES string of the molecule is CNC(=O)[C@H](Cc1ccc(O[Si](C)(C)C(C)(C)C)cc1)NC(=O)OC(C)(C)C. The summed E-state index contributed by atoms with van der Waals surface area (Å²) in [7, 11) is -0.357. The number of hydrogen-bond donors (Lipinski definition) is 2. The van der Waals surface area contributed by atoms with E-state index in [9.17, 15) is 9.59 Å². The van der Waals surface area contributed by atoms with Crippen molar-refractivity contribution < 1.29 is 18.8 Å². The van der Waals surface area contributed by atoms with Gasteiger partial charge in [0.25, 0.3) is 0 Å². The number of hydrogen-bond acceptors (Lipinski definition) is 4. The fraction of sp³-hybridized carbons (Fsp3) is 0.619. The summed E-state index contributed by atoms with van der Waals surface area (Å²) >= 11 is 0. The van der Waals surface area contributed by atoms with Gasteiger partial charge in [0, 0.05) is 13.5 Å². The maximum absolute atomic E-state index is 12.2. The average Bonchev–Trinajstić information content (AvgIpc) is 2.52. The lowest BCUT2D eigenvalue weighted by Gasteiger charge is -2.36. The van der Waals surface area contributed by atoms with Crippen molar-refractivity contribution in [3.05, 3.63) is 29.8 Å². The first-order valence-electron chi connectivity index (χ1n) is 9.64. The molecule has 2 amide bonds. The van der Waals surface area contributed by atoms with Gasteiger partial charge in [0.1, 0.15) is 17.4 Å². The molecular formula is C21H36N2O4Si. The van der Waals surface area contributed by atoms with E-state index in [-0.39, 0.29) is 10.9 Å². The second-order valence-electron chi connectivity index (χ2n) is 9.52. The molecular weight excluding hydrogens is 372 g/mol. The van der Waals surface area contributed by atoms with Crippen LogP contribution in [0.5, 0.6) is 5.75 Å². The van der Waals surface area contributed by atoms with Crippen LogP contribution in [0, 0.1) is 0 Å². The zero-order chi connectivity index (χ0) is 21.8. The van der Waals surface area contributed by atoms with Gasteiger partial charge < -0.3 is 19.8 Å². The summed E-state index contributed by atoms with van der Waals surface area (Å²) in [5.74, 6) is 0.555. The van der Waals surface area contributed by atoms with E-state index in [1.807, 2.05) is 24.3 Å². The summed E-state index contributed by atoms with van der Waals surface area (Å²) in [6, 6.07) is 6.98. The van der Waals surface area contributed by atoms with E-state index in [1.165, 1.54) is 0 Å². The molecule has 0 saturated carbocycles. The molecule has 0 spiro atoms. The molecule has 2 N–H and O–H groups in total. The van der Waals surface area contributed by atoms with Crippen LogP contribution in [0.25, 0.3) is 0 Å². The first kappa shape index (κ1) is 24.0. The Kier molecular flexibility index (Phi) is 7.71. The molecule has 0 saturated heterocycles. The van der Waals surface area contributed by atoms with E-state index in [0.29, 0.717) is 6.42 Å². The van der Waals surface area contributed by atoms with Crippen molar-refractivity contribution in [1.29, 1.82) is 0 Å². The fourth-order valence-corrected chi connectivity index (χ4v) is 3.24. The van der Waals surface area contributed by atoms with Gasteiger partial charge in [-0.1, -0.05) is 32.9 Å². The average molecular weight is 409 g/mol. The highest BCUT2D eigenvalue weighted by molar-refractivity contribution is 6.74. The van der Waals surface area contributed by atoms with Crippen LogP contribution in [-0.2, 0) is 16.0 Å². The number of carbonyl (C=O) groups excluding carboxylic acids is 2. The zero-order valence-electron chi connectivity index (χ0n) is 18.7. The molecule has 0 aliphatic carbocycles. The number of carbonyl (C=O) groups is 2. The Morgan fingerprint density at radius 2 is 1.57 bits per heavy atom. The molecule has 7 heteroatoms. The standard InChI is InChI=1S/C21H36N2O4Si/c1-20(2,3)26-19(25)23-17(18(24)22-7)14-15-10-12-16(13-11-15)27-28(8,9)21(4,5)6/h10-13,17H,14H2,1-9H3,(H,22,24)(H,23,25)/t17-/m0/s1. The van der Waals surface area contributed by atoms with Gasteiger partial charge in [-0.2, -0.15) is 0 Å². The summed E-state index contributed by atoms with van der Waals surface area (Å²) < 4.78 is 11.5. The van der Waals surface area contributed by atoms with Gasteiger partial charge in [0.2, 0.25) is 14.2 Å². The lowest BCUT2D eigenvalue weighted by atomic mass is 10.1. The molecule has 0 unspecified atom stereocenters. The van der Waals surface area contributed by atoms with E-state index in [0.717, 1.165) is 11.3 Å². The highest BCUT2D eigenvalue weighted by atomic mass is 28.4. The minimum Gasteiger partial charge on any atom is -0.544 e. The lowest BCUT2D eigenvalue weighted by molar-refractivity contribution is -0.122. The predicted molar refractivity (Wildman–Crippen MR) is 115 cm³/mol. The molecule has 0 aromatic heterocycles. The van der Waals surface area contributed by atoms with E-state index in [4.69, 9.17) is 9.16 Å². The molecule has 0 fully saturated rings. The normalized spacial score (nSPS) is 13.5. The predicted octanol–water partition coefficient (Wildman–Crippen LogP) is 4.25. The van der Waals surface area contributed by atoms with Crippen LogP contribution in [-0.4, -0.2) is 39.0 Å². The Hall–Kier alpha value is -2.02. The molecule has 6 nitrogen and oxygen atoms in total. The molecule has 0 aliphatic heterocycles. The van der Waals surface area contributed by atoms with Gasteiger partial charge in [-0.15, -0.1) is 0 Å². The van der Waals surface area contributed by atoms with Crippen molar-refractivity contribution in [3.8, 4) is 5.75 Å². The summed E-state index contributed by atoms with van der Waals surface area (Å²) in [6.45, 7) is 16.3. The second-order valence-corrected chi connectivity index (χ2v) is 14.2.